The Bertz CT molecular complexity index is 901. The Morgan fingerprint density at radius 1 is 1.11 bits per heavy atom. The number of aromatic nitrogens is 4. The van der Waals surface area contributed by atoms with E-state index in [0.717, 1.165) is 17.1 Å². The molecule has 7 heteroatoms. The fourth-order valence-electron chi connectivity index (χ4n) is 2.81. The molecule has 0 aliphatic rings. The smallest absolute Gasteiger partial charge is 0.251 e. The molecule has 1 aromatic carbocycles. The molecule has 27 heavy (non-hydrogen) atoms. The van der Waals surface area contributed by atoms with Gasteiger partial charge >= 0.3 is 0 Å². The summed E-state index contributed by atoms with van der Waals surface area (Å²) in [7, 11) is 3.47. The summed E-state index contributed by atoms with van der Waals surface area (Å²) >= 11 is 0. The van der Waals surface area contributed by atoms with Crippen molar-refractivity contribution in [1.82, 2.24) is 25.1 Å². The number of rotatable bonds is 6. The monoisotopic (exact) mass is 365 g/mol. The van der Waals surface area contributed by atoms with Crippen molar-refractivity contribution in [1.29, 1.82) is 0 Å². The van der Waals surface area contributed by atoms with E-state index in [1.807, 2.05) is 36.0 Å². The molecule has 0 unspecified atom stereocenters. The highest BCUT2D eigenvalue weighted by Gasteiger charge is 2.22. The van der Waals surface area contributed by atoms with Gasteiger partial charge < -0.3 is 14.6 Å². The summed E-state index contributed by atoms with van der Waals surface area (Å²) < 4.78 is 6.94. The SMILES string of the molecule is COc1ccc(-c2ccc(C(=O)N[C@@H](c3nccn3C)C(C)C)cc2)nn1. The predicted octanol–water partition coefficient (Wildman–Crippen LogP) is 3.01. The van der Waals surface area contributed by atoms with Gasteiger partial charge in [-0.2, -0.15) is 0 Å². The van der Waals surface area contributed by atoms with Crippen molar-refractivity contribution in [3.05, 3.63) is 60.2 Å². The van der Waals surface area contributed by atoms with Gasteiger partial charge in [-0.15, -0.1) is 10.2 Å². The van der Waals surface area contributed by atoms with Crippen LogP contribution in [0, 0.1) is 5.92 Å². The van der Waals surface area contributed by atoms with Crippen LogP contribution in [0.25, 0.3) is 11.3 Å². The third-order valence-electron chi connectivity index (χ3n) is 4.38. The topological polar surface area (TPSA) is 81.9 Å². The van der Waals surface area contributed by atoms with Crippen molar-refractivity contribution >= 4 is 5.91 Å². The van der Waals surface area contributed by atoms with Crippen LogP contribution in [0.15, 0.2) is 48.8 Å². The standard InChI is InChI=1S/C20H23N5O2/c1-13(2)18(19-21-11-12-25(19)3)22-20(26)15-7-5-14(6-8-15)16-9-10-17(27-4)24-23-16/h5-13,18H,1-4H3,(H,22,26)/t18-/m1/s1. The maximum Gasteiger partial charge on any atom is 0.251 e. The summed E-state index contributed by atoms with van der Waals surface area (Å²) in [5.41, 5.74) is 2.18. The zero-order valence-electron chi connectivity index (χ0n) is 15.9. The minimum Gasteiger partial charge on any atom is -0.480 e. The van der Waals surface area contributed by atoms with Crippen molar-refractivity contribution in [2.75, 3.05) is 7.11 Å². The molecule has 0 fully saturated rings. The molecule has 0 bridgehead atoms. The van der Waals surface area contributed by atoms with Crippen molar-refractivity contribution in [2.24, 2.45) is 13.0 Å². The molecule has 1 atom stereocenters. The second-order valence-electron chi connectivity index (χ2n) is 6.63. The highest BCUT2D eigenvalue weighted by molar-refractivity contribution is 5.94. The first kappa shape index (κ1) is 18.6. The maximum absolute atomic E-state index is 12.7. The van der Waals surface area contributed by atoms with Gasteiger partial charge in [-0.25, -0.2) is 4.98 Å². The van der Waals surface area contributed by atoms with E-state index in [4.69, 9.17) is 4.74 Å². The molecular weight excluding hydrogens is 342 g/mol. The lowest BCUT2D eigenvalue weighted by Crippen LogP contribution is -2.33. The average molecular weight is 365 g/mol. The van der Waals surface area contributed by atoms with Crippen molar-refractivity contribution < 1.29 is 9.53 Å². The zero-order chi connectivity index (χ0) is 19.4. The van der Waals surface area contributed by atoms with Gasteiger partial charge in [-0.1, -0.05) is 26.0 Å². The lowest BCUT2D eigenvalue weighted by molar-refractivity contribution is 0.0922. The molecule has 7 nitrogen and oxygen atoms in total. The van der Waals surface area contributed by atoms with E-state index in [-0.39, 0.29) is 17.9 Å². The van der Waals surface area contributed by atoms with Gasteiger partial charge in [0.25, 0.3) is 5.91 Å². The van der Waals surface area contributed by atoms with Gasteiger partial charge in [0.1, 0.15) is 5.82 Å². The van der Waals surface area contributed by atoms with E-state index in [2.05, 4.69) is 34.3 Å². The van der Waals surface area contributed by atoms with Gasteiger partial charge in [0.05, 0.1) is 18.8 Å². The molecule has 2 heterocycles. The Morgan fingerprint density at radius 3 is 2.37 bits per heavy atom. The molecule has 1 amide bonds. The number of nitrogens with one attached hydrogen (secondary N) is 1. The van der Waals surface area contributed by atoms with Crippen LogP contribution >= 0.6 is 0 Å². The minimum absolute atomic E-state index is 0.135. The molecule has 0 aliphatic heterocycles. The summed E-state index contributed by atoms with van der Waals surface area (Å²) in [5, 5.41) is 11.2. The Labute approximate surface area is 158 Å². The van der Waals surface area contributed by atoms with Gasteiger partial charge in [0.15, 0.2) is 0 Å². The van der Waals surface area contributed by atoms with Crippen LogP contribution in [0.4, 0.5) is 0 Å². The van der Waals surface area contributed by atoms with Crippen molar-refractivity contribution in [2.45, 2.75) is 19.9 Å². The lowest BCUT2D eigenvalue weighted by Gasteiger charge is -2.22. The first-order chi connectivity index (χ1) is 13.0. The van der Waals surface area contributed by atoms with E-state index >= 15 is 0 Å². The van der Waals surface area contributed by atoms with Gasteiger partial charge in [0, 0.05) is 36.6 Å². The van der Waals surface area contributed by atoms with Crippen LogP contribution in [0.5, 0.6) is 5.88 Å². The Hall–Kier alpha value is -3.22. The highest BCUT2D eigenvalue weighted by Crippen LogP contribution is 2.22. The molecule has 140 valence electrons. The normalized spacial score (nSPS) is 12.0. The molecule has 0 saturated carbocycles. The van der Waals surface area contributed by atoms with Crippen LogP contribution < -0.4 is 10.1 Å². The summed E-state index contributed by atoms with van der Waals surface area (Å²) in [5.74, 6) is 1.38. The second kappa shape index (κ2) is 7.99. The maximum atomic E-state index is 12.7. The third kappa shape index (κ3) is 4.13. The van der Waals surface area contributed by atoms with E-state index in [0.29, 0.717) is 11.4 Å². The first-order valence-corrected chi connectivity index (χ1v) is 8.76. The van der Waals surface area contributed by atoms with Crippen LogP contribution in [0.2, 0.25) is 0 Å². The largest absolute Gasteiger partial charge is 0.480 e. The molecule has 0 saturated heterocycles. The van der Waals surface area contributed by atoms with Crippen LogP contribution in [-0.4, -0.2) is 32.8 Å². The summed E-state index contributed by atoms with van der Waals surface area (Å²) in [6, 6.07) is 10.7. The molecular formula is C20H23N5O2. The summed E-state index contributed by atoms with van der Waals surface area (Å²) in [6.45, 7) is 4.12. The number of methoxy groups -OCH3 is 1. The van der Waals surface area contributed by atoms with Crippen molar-refractivity contribution in [3.63, 3.8) is 0 Å². The minimum atomic E-state index is -0.162. The predicted molar refractivity (Wildman–Crippen MR) is 102 cm³/mol. The number of carbonyl (C=O) groups is 1. The second-order valence-corrected chi connectivity index (χ2v) is 6.63. The van der Waals surface area contributed by atoms with Crippen LogP contribution in [0.1, 0.15) is 36.1 Å². The lowest BCUT2D eigenvalue weighted by atomic mass is 10.0. The number of hydrogen-bond acceptors (Lipinski definition) is 5. The number of benzene rings is 1. The van der Waals surface area contributed by atoms with Crippen molar-refractivity contribution in [3.8, 4) is 17.1 Å². The van der Waals surface area contributed by atoms with Crippen LogP contribution in [0.3, 0.4) is 0 Å². The molecule has 3 aromatic rings. The number of nitrogens with zero attached hydrogens (tertiary/aromatic N) is 4. The quantitative estimate of drug-likeness (QED) is 0.726. The summed E-state index contributed by atoms with van der Waals surface area (Å²) in [4.78, 5) is 17.1. The molecule has 1 N–H and O–H groups in total. The molecule has 0 aliphatic carbocycles. The zero-order valence-corrected chi connectivity index (χ0v) is 15.9. The van der Waals surface area contributed by atoms with E-state index in [1.54, 1.807) is 31.5 Å². The third-order valence-corrected chi connectivity index (χ3v) is 4.38. The first-order valence-electron chi connectivity index (χ1n) is 8.76. The molecule has 3 rings (SSSR count). The molecule has 0 spiro atoms. The molecule has 2 aromatic heterocycles. The van der Waals surface area contributed by atoms with Gasteiger partial charge in [-0.05, 0) is 24.1 Å². The number of ether oxygens (including phenoxy) is 1. The van der Waals surface area contributed by atoms with Crippen LogP contribution in [-0.2, 0) is 7.05 Å². The number of hydrogen-bond donors (Lipinski definition) is 1. The van der Waals surface area contributed by atoms with E-state index in [1.165, 1.54) is 0 Å². The Kier molecular flexibility index (Phi) is 5.49. The summed E-state index contributed by atoms with van der Waals surface area (Å²) in [6.07, 6.45) is 3.61. The fourth-order valence-corrected chi connectivity index (χ4v) is 2.81. The van der Waals surface area contributed by atoms with E-state index < -0.39 is 0 Å². The van der Waals surface area contributed by atoms with E-state index in [9.17, 15) is 4.79 Å². The number of amides is 1. The Balaban J connectivity index is 1.75. The average Bonchev–Trinajstić information content (AvgIpc) is 3.11. The highest BCUT2D eigenvalue weighted by atomic mass is 16.5. The van der Waals surface area contributed by atoms with Gasteiger partial charge in [0.2, 0.25) is 5.88 Å². The number of carbonyl (C=O) groups excluding carboxylic acids is 1. The Morgan fingerprint density at radius 2 is 1.85 bits per heavy atom. The number of imidazole rings is 1. The number of aryl methyl sites for hydroxylation is 1. The molecule has 0 radical (unpaired) electrons. The fraction of sp³-hybridized carbons (Fsp3) is 0.300. The van der Waals surface area contributed by atoms with Gasteiger partial charge in [-0.3, -0.25) is 4.79 Å².